The molecule has 2 aromatic carbocycles. The average molecular weight is 415 g/mol. The molecule has 2 aromatic heterocycles. The molecular formula is C18H14N4O2S3. The van der Waals surface area contributed by atoms with E-state index in [1.54, 1.807) is 11.8 Å². The van der Waals surface area contributed by atoms with Gasteiger partial charge in [0.05, 0.1) is 18.6 Å². The lowest BCUT2D eigenvalue weighted by molar-refractivity contribution is 0.391. The summed E-state index contributed by atoms with van der Waals surface area (Å²) in [6, 6.07) is 17.4. The number of hydrogen-bond acceptors (Lipinski definition) is 8. The minimum atomic E-state index is 0.522. The van der Waals surface area contributed by atoms with Crippen LogP contribution in [0.1, 0.15) is 5.89 Å². The number of thioether (sulfide) groups is 1. The third kappa shape index (κ3) is 4.10. The zero-order valence-electron chi connectivity index (χ0n) is 14.2. The van der Waals surface area contributed by atoms with Gasteiger partial charge in [-0.15, -0.1) is 5.10 Å². The number of para-hydroxylation sites is 1. The molecule has 136 valence electrons. The first kappa shape index (κ1) is 17.9. The molecule has 0 spiro atoms. The topological polar surface area (TPSA) is 66.0 Å². The van der Waals surface area contributed by atoms with E-state index in [9.17, 15) is 0 Å². The number of benzene rings is 2. The fourth-order valence-electron chi connectivity index (χ4n) is 2.37. The summed E-state index contributed by atoms with van der Waals surface area (Å²) in [4.78, 5) is 4.45. The van der Waals surface area contributed by atoms with E-state index in [2.05, 4.69) is 15.2 Å². The van der Waals surface area contributed by atoms with Crippen molar-refractivity contribution in [2.75, 3.05) is 7.11 Å². The quantitative estimate of drug-likeness (QED) is 0.324. The number of aromatic nitrogens is 4. The summed E-state index contributed by atoms with van der Waals surface area (Å²) in [6.07, 6.45) is 0. The maximum atomic E-state index is 5.42. The van der Waals surface area contributed by atoms with E-state index >= 15 is 0 Å². The molecule has 0 amide bonds. The molecule has 0 atom stereocenters. The molecule has 0 aliphatic rings. The Balaban J connectivity index is 1.47. The molecule has 0 N–H and O–H groups in total. The largest absolute Gasteiger partial charge is 0.497 e. The molecule has 4 aromatic rings. The SMILES string of the molecule is COc1cccc(-c2noc(CSc3nn(-c4ccccc4)c(=S)s3)n2)c1. The highest BCUT2D eigenvalue weighted by molar-refractivity contribution is 8.00. The highest BCUT2D eigenvalue weighted by atomic mass is 32.2. The zero-order chi connectivity index (χ0) is 18.6. The van der Waals surface area contributed by atoms with Crippen LogP contribution in [0.15, 0.2) is 63.5 Å². The van der Waals surface area contributed by atoms with E-state index in [1.807, 2.05) is 54.6 Å². The summed E-state index contributed by atoms with van der Waals surface area (Å²) in [7, 11) is 1.63. The molecule has 0 bridgehead atoms. The minimum Gasteiger partial charge on any atom is -0.497 e. The van der Waals surface area contributed by atoms with Crippen LogP contribution in [0.2, 0.25) is 0 Å². The van der Waals surface area contributed by atoms with Gasteiger partial charge in [-0.2, -0.15) is 4.98 Å². The van der Waals surface area contributed by atoms with Crippen molar-refractivity contribution >= 4 is 35.3 Å². The van der Waals surface area contributed by atoms with Crippen LogP contribution >= 0.6 is 35.3 Å². The minimum absolute atomic E-state index is 0.522. The summed E-state index contributed by atoms with van der Waals surface area (Å²) < 4.78 is 13.9. The normalized spacial score (nSPS) is 10.9. The lowest BCUT2D eigenvalue weighted by Crippen LogP contribution is -1.95. The van der Waals surface area contributed by atoms with Gasteiger partial charge in [0.25, 0.3) is 0 Å². The highest BCUT2D eigenvalue weighted by Gasteiger charge is 2.12. The monoisotopic (exact) mass is 414 g/mol. The molecule has 9 heteroatoms. The molecule has 27 heavy (non-hydrogen) atoms. The summed E-state index contributed by atoms with van der Waals surface area (Å²) in [5.74, 6) is 2.34. The molecule has 0 saturated carbocycles. The maximum absolute atomic E-state index is 5.42. The van der Waals surface area contributed by atoms with Gasteiger partial charge >= 0.3 is 0 Å². The van der Waals surface area contributed by atoms with Crippen LogP contribution in [0, 0.1) is 3.95 Å². The first-order chi connectivity index (χ1) is 13.2. The Morgan fingerprint density at radius 3 is 2.85 bits per heavy atom. The molecule has 2 heterocycles. The number of methoxy groups -OCH3 is 1. The van der Waals surface area contributed by atoms with Crippen LogP contribution in [-0.4, -0.2) is 27.0 Å². The van der Waals surface area contributed by atoms with E-state index in [0.717, 1.165) is 21.3 Å². The Kier molecular flexibility index (Phi) is 5.33. The maximum Gasteiger partial charge on any atom is 0.237 e. The van der Waals surface area contributed by atoms with Crippen LogP contribution < -0.4 is 4.74 Å². The van der Waals surface area contributed by atoms with Gasteiger partial charge in [0.2, 0.25) is 11.7 Å². The predicted molar refractivity (Wildman–Crippen MR) is 108 cm³/mol. The van der Waals surface area contributed by atoms with Crippen molar-refractivity contribution < 1.29 is 9.26 Å². The third-order valence-corrected chi connectivity index (χ3v) is 6.00. The summed E-state index contributed by atoms with van der Waals surface area (Å²) >= 11 is 8.40. The van der Waals surface area contributed by atoms with Gasteiger partial charge in [0, 0.05) is 5.56 Å². The van der Waals surface area contributed by atoms with Crippen LogP contribution in [-0.2, 0) is 5.75 Å². The van der Waals surface area contributed by atoms with Crippen molar-refractivity contribution in [3.63, 3.8) is 0 Å². The lowest BCUT2D eigenvalue weighted by atomic mass is 10.2. The number of ether oxygens (including phenoxy) is 1. The Hall–Kier alpha value is -2.49. The van der Waals surface area contributed by atoms with Gasteiger partial charge in [-0.25, -0.2) is 4.68 Å². The molecule has 4 rings (SSSR count). The summed E-state index contributed by atoms with van der Waals surface area (Å²) in [5.41, 5.74) is 1.79. The standard InChI is InChI=1S/C18H14N4O2S3/c1-23-14-9-5-6-12(10-14)16-19-15(24-21-16)11-26-17-20-22(18(25)27-17)13-7-3-2-4-8-13/h2-10H,11H2,1H3. The van der Waals surface area contributed by atoms with Crippen molar-refractivity contribution in [1.29, 1.82) is 0 Å². The van der Waals surface area contributed by atoms with Crippen molar-refractivity contribution in [2.45, 2.75) is 10.1 Å². The highest BCUT2D eigenvalue weighted by Crippen LogP contribution is 2.28. The predicted octanol–water partition coefficient (Wildman–Crippen LogP) is 5.01. The van der Waals surface area contributed by atoms with Crippen LogP contribution in [0.3, 0.4) is 0 Å². The number of nitrogens with zero attached hydrogens (tertiary/aromatic N) is 4. The molecule has 0 saturated heterocycles. The van der Waals surface area contributed by atoms with E-state index in [4.69, 9.17) is 21.5 Å². The molecular weight excluding hydrogens is 400 g/mol. The van der Waals surface area contributed by atoms with Crippen LogP contribution in [0.4, 0.5) is 0 Å². The second kappa shape index (κ2) is 8.03. The van der Waals surface area contributed by atoms with Gasteiger partial charge in [0.15, 0.2) is 8.29 Å². The van der Waals surface area contributed by atoms with E-state index in [1.165, 1.54) is 23.1 Å². The molecule has 6 nitrogen and oxygen atoms in total. The van der Waals surface area contributed by atoms with Gasteiger partial charge in [-0.05, 0) is 36.5 Å². The van der Waals surface area contributed by atoms with Crippen molar-refractivity contribution in [2.24, 2.45) is 0 Å². The van der Waals surface area contributed by atoms with Gasteiger partial charge in [-0.3, -0.25) is 0 Å². The summed E-state index contributed by atoms with van der Waals surface area (Å²) in [5, 5.41) is 8.62. The third-order valence-electron chi connectivity index (χ3n) is 3.65. The Bertz CT molecular complexity index is 1110. The first-order valence-corrected chi connectivity index (χ1v) is 10.2. The number of rotatable bonds is 6. The van der Waals surface area contributed by atoms with E-state index in [0.29, 0.717) is 21.4 Å². The van der Waals surface area contributed by atoms with Crippen LogP contribution in [0.25, 0.3) is 17.1 Å². The second-order valence-corrected chi connectivity index (χ2v) is 8.26. The van der Waals surface area contributed by atoms with Crippen LogP contribution in [0.5, 0.6) is 5.75 Å². The van der Waals surface area contributed by atoms with Crippen molar-refractivity contribution in [1.82, 2.24) is 19.9 Å². The van der Waals surface area contributed by atoms with Crippen molar-refractivity contribution in [3.05, 3.63) is 64.4 Å². The fourth-order valence-corrected chi connectivity index (χ4v) is 4.57. The Labute approximate surface area is 168 Å². The van der Waals surface area contributed by atoms with Gasteiger partial charge in [-0.1, -0.05) is 58.6 Å². The Morgan fingerprint density at radius 1 is 1.19 bits per heavy atom. The Morgan fingerprint density at radius 2 is 2.04 bits per heavy atom. The van der Waals surface area contributed by atoms with Gasteiger partial charge < -0.3 is 9.26 Å². The first-order valence-electron chi connectivity index (χ1n) is 7.98. The summed E-state index contributed by atoms with van der Waals surface area (Å²) in [6.45, 7) is 0. The smallest absolute Gasteiger partial charge is 0.237 e. The van der Waals surface area contributed by atoms with Crippen molar-refractivity contribution in [3.8, 4) is 22.8 Å². The number of hydrogen-bond donors (Lipinski definition) is 0. The molecule has 0 aliphatic carbocycles. The molecule has 0 radical (unpaired) electrons. The van der Waals surface area contributed by atoms with E-state index in [-0.39, 0.29) is 0 Å². The fraction of sp³-hybridized carbons (Fsp3) is 0.111. The molecule has 0 aliphatic heterocycles. The molecule has 0 unspecified atom stereocenters. The van der Waals surface area contributed by atoms with Gasteiger partial charge in [0.1, 0.15) is 5.75 Å². The zero-order valence-corrected chi connectivity index (χ0v) is 16.7. The lowest BCUT2D eigenvalue weighted by Gasteiger charge is -1.99. The molecule has 0 fully saturated rings. The van der Waals surface area contributed by atoms with E-state index < -0.39 is 0 Å². The average Bonchev–Trinajstić information content (AvgIpc) is 3.34. The second-order valence-electron chi connectivity index (χ2n) is 5.41.